The van der Waals surface area contributed by atoms with E-state index in [-0.39, 0.29) is 5.41 Å². The minimum atomic E-state index is -0.0544. The monoisotopic (exact) mass is 182 g/mol. The van der Waals surface area contributed by atoms with Crippen LogP contribution in [0.3, 0.4) is 0 Å². The van der Waals surface area contributed by atoms with E-state index in [1.165, 1.54) is 6.42 Å². The molecule has 1 aliphatic carbocycles. The maximum absolute atomic E-state index is 11.6. The summed E-state index contributed by atoms with van der Waals surface area (Å²) >= 11 is 0. The molecule has 0 N–H and O–H groups in total. The summed E-state index contributed by atoms with van der Waals surface area (Å²) in [4.78, 5) is 11.6. The molecule has 0 saturated heterocycles. The molecule has 1 heteroatoms. The van der Waals surface area contributed by atoms with Crippen LogP contribution >= 0.6 is 0 Å². The lowest BCUT2D eigenvalue weighted by molar-refractivity contribution is -0.130. The third-order valence-electron chi connectivity index (χ3n) is 3.42. The molecule has 1 nitrogen and oxygen atoms in total. The highest BCUT2D eigenvalue weighted by Crippen LogP contribution is 2.48. The Bertz CT molecular complexity index is 217. The fourth-order valence-corrected chi connectivity index (χ4v) is 3.25. The van der Waals surface area contributed by atoms with Gasteiger partial charge in [0, 0.05) is 5.41 Å². The van der Waals surface area contributed by atoms with Crippen molar-refractivity contribution in [2.24, 2.45) is 16.7 Å². The lowest BCUT2D eigenvalue weighted by atomic mass is 9.60. The number of Topliss-reactive ketones (excluding diaryl/α,β-unsaturated/α-hetero) is 1. The van der Waals surface area contributed by atoms with Crippen molar-refractivity contribution in [3.63, 3.8) is 0 Å². The van der Waals surface area contributed by atoms with Gasteiger partial charge in [0.15, 0.2) is 0 Å². The van der Waals surface area contributed by atoms with E-state index in [1.54, 1.807) is 6.92 Å². The van der Waals surface area contributed by atoms with Gasteiger partial charge in [-0.3, -0.25) is 4.79 Å². The van der Waals surface area contributed by atoms with Gasteiger partial charge in [0.25, 0.3) is 0 Å². The third-order valence-corrected chi connectivity index (χ3v) is 3.42. The molecule has 1 rings (SSSR count). The first kappa shape index (κ1) is 10.7. The van der Waals surface area contributed by atoms with Crippen LogP contribution in [0, 0.1) is 16.7 Å². The summed E-state index contributed by atoms with van der Waals surface area (Å²) in [6.45, 7) is 10.7. The second-order valence-electron chi connectivity index (χ2n) is 5.97. The highest BCUT2D eigenvalue weighted by Gasteiger charge is 2.42. The van der Waals surface area contributed by atoms with E-state index in [2.05, 4.69) is 27.7 Å². The van der Waals surface area contributed by atoms with Crippen molar-refractivity contribution in [2.45, 2.75) is 53.9 Å². The summed E-state index contributed by atoms with van der Waals surface area (Å²) in [5.41, 5.74) is 0.291. The summed E-state index contributed by atoms with van der Waals surface area (Å²) in [5, 5.41) is 0. The fraction of sp³-hybridized carbons (Fsp3) is 0.917. The first-order valence-corrected chi connectivity index (χ1v) is 5.26. The molecule has 0 aliphatic heterocycles. The first-order chi connectivity index (χ1) is 5.75. The molecular formula is C12H22O. The Kier molecular flexibility index (Phi) is 2.57. The van der Waals surface area contributed by atoms with Crippen LogP contribution in [0.5, 0.6) is 0 Å². The van der Waals surface area contributed by atoms with E-state index in [0.29, 0.717) is 17.1 Å². The van der Waals surface area contributed by atoms with E-state index < -0.39 is 0 Å². The summed E-state index contributed by atoms with van der Waals surface area (Å²) in [6, 6.07) is 0. The Labute approximate surface area is 81.9 Å². The number of hydrogen-bond donors (Lipinski definition) is 0. The van der Waals surface area contributed by atoms with E-state index >= 15 is 0 Å². The minimum Gasteiger partial charge on any atom is -0.299 e. The maximum atomic E-state index is 11.6. The average Bonchev–Trinajstić information content (AvgIpc) is 1.79. The summed E-state index contributed by atoms with van der Waals surface area (Å²) in [6.07, 6.45) is 3.39. The second-order valence-corrected chi connectivity index (χ2v) is 5.97. The van der Waals surface area contributed by atoms with Crippen LogP contribution in [-0.2, 0) is 4.79 Å². The lowest BCUT2D eigenvalue weighted by Crippen LogP contribution is -2.39. The third kappa shape index (κ3) is 2.32. The highest BCUT2D eigenvalue weighted by molar-refractivity contribution is 5.82. The van der Waals surface area contributed by atoms with Gasteiger partial charge in [-0.25, -0.2) is 0 Å². The molecule has 76 valence electrons. The normalized spacial score (nSPS) is 38.7. The van der Waals surface area contributed by atoms with Gasteiger partial charge in [-0.05, 0) is 37.5 Å². The van der Waals surface area contributed by atoms with Crippen molar-refractivity contribution in [1.82, 2.24) is 0 Å². The molecule has 1 fully saturated rings. The fourth-order valence-electron chi connectivity index (χ4n) is 3.25. The second kappa shape index (κ2) is 3.11. The number of rotatable bonds is 1. The quantitative estimate of drug-likeness (QED) is 0.607. The topological polar surface area (TPSA) is 17.1 Å². The molecule has 0 radical (unpaired) electrons. The Morgan fingerprint density at radius 2 is 1.77 bits per heavy atom. The standard InChI is InChI=1S/C12H22O/c1-9-6-11(3,4)8-12(5,7-9)10(2)13/h9H,6-8H2,1-5H3/t9-,12?/m0/s1. The summed E-state index contributed by atoms with van der Waals surface area (Å²) < 4.78 is 0. The van der Waals surface area contributed by atoms with Crippen LogP contribution in [-0.4, -0.2) is 5.78 Å². The molecule has 2 atom stereocenters. The van der Waals surface area contributed by atoms with Crippen molar-refractivity contribution in [3.05, 3.63) is 0 Å². The van der Waals surface area contributed by atoms with E-state index in [9.17, 15) is 4.79 Å². The zero-order chi connectivity index (χ0) is 10.3. The Morgan fingerprint density at radius 1 is 1.23 bits per heavy atom. The summed E-state index contributed by atoms with van der Waals surface area (Å²) in [5.74, 6) is 1.06. The van der Waals surface area contributed by atoms with Gasteiger partial charge in [0.1, 0.15) is 5.78 Å². The highest BCUT2D eigenvalue weighted by atomic mass is 16.1. The molecule has 1 unspecified atom stereocenters. The molecule has 1 saturated carbocycles. The van der Waals surface area contributed by atoms with Crippen LogP contribution < -0.4 is 0 Å². The molecule has 0 amide bonds. The smallest absolute Gasteiger partial charge is 0.135 e. The largest absolute Gasteiger partial charge is 0.299 e. The molecule has 0 heterocycles. The van der Waals surface area contributed by atoms with Crippen molar-refractivity contribution in [1.29, 1.82) is 0 Å². The van der Waals surface area contributed by atoms with E-state index in [1.807, 2.05) is 0 Å². The average molecular weight is 182 g/mol. The van der Waals surface area contributed by atoms with E-state index in [4.69, 9.17) is 0 Å². The molecule has 0 aromatic rings. The number of hydrogen-bond acceptors (Lipinski definition) is 1. The molecule has 0 aromatic heterocycles. The van der Waals surface area contributed by atoms with Gasteiger partial charge in [0.2, 0.25) is 0 Å². The van der Waals surface area contributed by atoms with Gasteiger partial charge in [-0.1, -0.05) is 27.7 Å². The van der Waals surface area contributed by atoms with E-state index in [0.717, 1.165) is 12.8 Å². The van der Waals surface area contributed by atoms with Gasteiger partial charge in [0.05, 0.1) is 0 Å². The molecule has 1 aliphatic rings. The Hall–Kier alpha value is -0.330. The maximum Gasteiger partial charge on any atom is 0.135 e. The van der Waals surface area contributed by atoms with Gasteiger partial charge < -0.3 is 0 Å². The molecule has 0 spiro atoms. The van der Waals surface area contributed by atoms with Crippen molar-refractivity contribution >= 4 is 5.78 Å². The SMILES string of the molecule is CC(=O)C1(C)C[C@@H](C)CC(C)(C)C1. The van der Waals surface area contributed by atoms with Crippen molar-refractivity contribution < 1.29 is 4.79 Å². The first-order valence-electron chi connectivity index (χ1n) is 5.26. The van der Waals surface area contributed by atoms with Crippen LogP contribution in [0.1, 0.15) is 53.9 Å². The lowest BCUT2D eigenvalue weighted by Gasteiger charge is -2.44. The van der Waals surface area contributed by atoms with Crippen LogP contribution in [0.4, 0.5) is 0 Å². The number of carbonyl (C=O) groups is 1. The van der Waals surface area contributed by atoms with Gasteiger partial charge in [-0.2, -0.15) is 0 Å². The van der Waals surface area contributed by atoms with Crippen molar-refractivity contribution in [2.75, 3.05) is 0 Å². The molecule has 0 aromatic carbocycles. The summed E-state index contributed by atoms with van der Waals surface area (Å²) in [7, 11) is 0. The zero-order valence-corrected chi connectivity index (χ0v) is 9.61. The number of carbonyl (C=O) groups excluding carboxylic acids is 1. The van der Waals surface area contributed by atoms with Gasteiger partial charge >= 0.3 is 0 Å². The minimum absolute atomic E-state index is 0.0544. The molecule has 13 heavy (non-hydrogen) atoms. The van der Waals surface area contributed by atoms with Crippen LogP contribution in [0.15, 0.2) is 0 Å². The Morgan fingerprint density at radius 3 is 2.15 bits per heavy atom. The molecular weight excluding hydrogens is 160 g/mol. The predicted octanol–water partition coefficient (Wildman–Crippen LogP) is 3.43. The van der Waals surface area contributed by atoms with Crippen molar-refractivity contribution in [3.8, 4) is 0 Å². The number of ketones is 1. The molecule has 0 bridgehead atoms. The Balaban J connectivity index is 2.84. The van der Waals surface area contributed by atoms with Crippen LogP contribution in [0.2, 0.25) is 0 Å². The van der Waals surface area contributed by atoms with Crippen LogP contribution in [0.25, 0.3) is 0 Å². The van der Waals surface area contributed by atoms with Gasteiger partial charge in [-0.15, -0.1) is 0 Å². The zero-order valence-electron chi connectivity index (χ0n) is 9.61. The predicted molar refractivity (Wildman–Crippen MR) is 55.6 cm³/mol.